The van der Waals surface area contributed by atoms with Crippen LogP contribution in [0.4, 0.5) is 0 Å². The van der Waals surface area contributed by atoms with Crippen molar-refractivity contribution in [1.29, 1.82) is 0 Å². The summed E-state index contributed by atoms with van der Waals surface area (Å²) in [4.78, 5) is 38.0. The van der Waals surface area contributed by atoms with E-state index >= 15 is 0 Å². The van der Waals surface area contributed by atoms with Crippen molar-refractivity contribution >= 4 is 17.9 Å². The summed E-state index contributed by atoms with van der Waals surface area (Å²) in [5.41, 5.74) is 0. The van der Waals surface area contributed by atoms with Crippen molar-refractivity contribution in [2.24, 2.45) is 0 Å². The molecule has 0 aliphatic heterocycles. The molecule has 0 N–H and O–H groups in total. The van der Waals surface area contributed by atoms with Gasteiger partial charge in [-0.25, -0.2) is 0 Å². The summed E-state index contributed by atoms with van der Waals surface area (Å²) >= 11 is 0. The highest BCUT2D eigenvalue weighted by Crippen LogP contribution is 2.13. The van der Waals surface area contributed by atoms with Crippen LogP contribution in [0.2, 0.25) is 0 Å². The number of ether oxygens (including phenoxy) is 3. The molecule has 0 aliphatic rings. The number of esters is 3. The molecule has 1 atom stereocenters. The van der Waals surface area contributed by atoms with Crippen LogP contribution >= 0.6 is 0 Å². The van der Waals surface area contributed by atoms with Gasteiger partial charge in [0, 0.05) is 19.3 Å². The van der Waals surface area contributed by atoms with E-state index in [1.54, 1.807) is 0 Å². The first-order valence-corrected chi connectivity index (χ1v) is 26.5. The third-order valence-corrected chi connectivity index (χ3v) is 10.7. The topological polar surface area (TPSA) is 78.9 Å². The van der Waals surface area contributed by atoms with Crippen LogP contribution in [0.15, 0.2) is 122 Å². The Labute approximate surface area is 405 Å². The van der Waals surface area contributed by atoms with Crippen LogP contribution in [0.25, 0.3) is 0 Å². The van der Waals surface area contributed by atoms with E-state index in [0.29, 0.717) is 12.8 Å². The predicted octanol–water partition coefficient (Wildman–Crippen LogP) is 17.7. The summed E-state index contributed by atoms with van der Waals surface area (Å²) in [6.45, 7) is 6.29. The van der Waals surface area contributed by atoms with Crippen LogP contribution in [0.3, 0.4) is 0 Å². The third-order valence-electron chi connectivity index (χ3n) is 10.7. The first-order valence-electron chi connectivity index (χ1n) is 26.5. The maximum Gasteiger partial charge on any atom is 0.306 e. The van der Waals surface area contributed by atoms with E-state index in [-0.39, 0.29) is 37.5 Å². The molecule has 6 heteroatoms. The van der Waals surface area contributed by atoms with Crippen molar-refractivity contribution in [3.05, 3.63) is 122 Å². The van der Waals surface area contributed by atoms with E-state index in [1.165, 1.54) is 12.8 Å². The molecular formula is C60H96O6. The van der Waals surface area contributed by atoms with Crippen molar-refractivity contribution in [2.45, 2.75) is 226 Å². The fourth-order valence-electron chi connectivity index (χ4n) is 6.75. The molecule has 372 valence electrons. The number of unbranched alkanes of at least 4 members (excludes halogenated alkanes) is 15. The fourth-order valence-corrected chi connectivity index (χ4v) is 6.75. The first-order chi connectivity index (χ1) is 32.5. The third kappa shape index (κ3) is 50.8. The molecule has 1 unspecified atom stereocenters. The molecule has 0 saturated carbocycles. The van der Waals surface area contributed by atoms with Gasteiger partial charge < -0.3 is 14.2 Å². The van der Waals surface area contributed by atoms with Gasteiger partial charge in [0.2, 0.25) is 0 Å². The van der Waals surface area contributed by atoms with Gasteiger partial charge >= 0.3 is 17.9 Å². The Morgan fingerprint density at radius 3 is 0.939 bits per heavy atom. The quantitative estimate of drug-likeness (QED) is 0.0262. The molecule has 6 nitrogen and oxygen atoms in total. The number of hydrogen-bond donors (Lipinski definition) is 0. The van der Waals surface area contributed by atoms with Gasteiger partial charge in [0.25, 0.3) is 0 Å². The molecule has 0 amide bonds. The zero-order valence-electron chi connectivity index (χ0n) is 42.4. The van der Waals surface area contributed by atoms with Crippen LogP contribution in [0.5, 0.6) is 0 Å². The summed E-state index contributed by atoms with van der Waals surface area (Å²) < 4.78 is 16.8. The zero-order chi connectivity index (χ0) is 47.9. The summed E-state index contributed by atoms with van der Waals surface area (Å²) in [6, 6.07) is 0. The molecule has 0 heterocycles. The molecule has 0 rings (SSSR count). The van der Waals surface area contributed by atoms with Crippen LogP contribution in [0.1, 0.15) is 220 Å². The maximum atomic E-state index is 12.8. The molecule has 0 bridgehead atoms. The van der Waals surface area contributed by atoms with Crippen molar-refractivity contribution < 1.29 is 28.6 Å². The summed E-state index contributed by atoms with van der Waals surface area (Å²) in [5, 5.41) is 0. The van der Waals surface area contributed by atoms with Crippen molar-refractivity contribution in [3.63, 3.8) is 0 Å². The van der Waals surface area contributed by atoms with E-state index in [4.69, 9.17) is 14.2 Å². The second-order valence-corrected chi connectivity index (χ2v) is 17.0. The van der Waals surface area contributed by atoms with Crippen LogP contribution in [-0.2, 0) is 28.6 Å². The maximum absolute atomic E-state index is 12.8. The average molecular weight is 913 g/mol. The fraction of sp³-hybridized carbons (Fsp3) is 0.617. The van der Waals surface area contributed by atoms with E-state index in [1.807, 2.05) is 0 Å². The lowest BCUT2D eigenvalue weighted by atomic mass is 10.1. The molecule has 66 heavy (non-hydrogen) atoms. The second-order valence-electron chi connectivity index (χ2n) is 17.0. The van der Waals surface area contributed by atoms with Gasteiger partial charge in [-0.05, 0) is 122 Å². The molecule has 0 saturated heterocycles. The Hall–Kier alpha value is -4.19. The molecule has 0 aromatic heterocycles. The largest absolute Gasteiger partial charge is 0.462 e. The van der Waals surface area contributed by atoms with Gasteiger partial charge in [0.15, 0.2) is 6.10 Å². The molecule has 0 radical (unpaired) electrons. The van der Waals surface area contributed by atoms with Crippen LogP contribution in [-0.4, -0.2) is 37.2 Å². The molecule has 0 aromatic rings. The number of rotatable bonds is 46. The highest BCUT2D eigenvalue weighted by Gasteiger charge is 2.19. The highest BCUT2D eigenvalue weighted by molar-refractivity contribution is 5.71. The number of hydrogen-bond acceptors (Lipinski definition) is 6. The monoisotopic (exact) mass is 913 g/mol. The Morgan fingerprint density at radius 2 is 0.591 bits per heavy atom. The number of allylic oxidation sites excluding steroid dienone is 20. The van der Waals surface area contributed by atoms with Gasteiger partial charge in [-0.2, -0.15) is 0 Å². The van der Waals surface area contributed by atoms with Crippen molar-refractivity contribution in [1.82, 2.24) is 0 Å². The first kappa shape index (κ1) is 61.8. The molecule has 0 aromatic carbocycles. The summed E-state index contributed by atoms with van der Waals surface area (Å²) in [6.07, 6.45) is 73.3. The van der Waals surface area contributed by atoms with Gasteiger partial charge in [-0.15, -0.1) is 0 Å². The van der Waals surface area contributed by atoms with E-state index in [0.717, 1.165) is 167 Å². The minimum atomic E-state index is -0.805. The number of carbonyl (C=O) groups excluding carboxylic acids is 3. The van der Waals surface area contributed by atoms with E-state index in [2.05, 4.69) is 142 Å². The Bertz CT molecular complexity index is 1420. The minimum Gasteiger partial charge on any atom is -0.462 e. The Balaban J connectivity index is 4.44. The minimum absolute atomic E-state index is 0.102. The van der Waals surface area contributed by atoms with Gasteiger partial charge in [0.05, 0.1) is 0 Å². The average Bonchev–Trinajstić information content (AvgIpc) is 3.31. The predicted molar refractivity (Wildman–Crippen MR) is 283 cm³/mol. The van der Waals surface area contributed by atoms with Gasteiger partial charge in [-0.3, -0.25) is 14.4 Å². The molecule has 0 spiro atoms. The number of carbonyl (C=O) groups is 3. The second kappa shape index (κ2) is 53.4. The standard InChI is InChI=1S/C60H96O6/c1-4-7-10-13-16-19-22-24-26-28-29-30-31-33-34-36-38-41-44-47-50-53-59(62)65-56-57(55-64-58(61)52-49-46-43-40-21-18-15-12-9-6-3)66-60(63)54-51-48-45-42-39-37-35-32-27-25-23-20-17-14-11-8-5-2/h7-8,10-12,15-17,19-20,24-27,29-30,33-35,37,57H,4-6,9,13-14,18,21-23,28,31-32,36,38-56H2,1-3H3/b10-7-,11-8-,15-12-,19-16-,20-17-,26-24-,27-25-,30-29-,34-33-,37-35-. The van der Waals surface area contributed by atoms with Crippen molar-refractivity contribution in [3.8, 4) is 0 Å². The summed E-state index contributed by atoms with van der Waals surface area (Å²) in [5.74, 6) is -0.963. The van der Waals surface area contributed by atoms with Gasteiger partial charge in [0.1, 0.15) is 13.2 Å². The van der Waals surface area contributed by atoms with Crippen LogP contribution in [0, 0.1) is 0 Å². The van der Waals surface area contributed by atoms with E-state index in [9.17, 15) is 14.4 Å². The van der Waals surface area contributed by atoms with Gasteiger partial charge in [-0.1, -0.05) is 200 Å². The lowest BCUT2D eigenvalue weighted by molar-refractivity contribution is -0.167. The lowest BCUT2D eigenvalue weighted by Gasteiger charge is -2.18. The highest BCUT2D eigenvalue weighted by atomic mass is 16.6. The molecule has 0 fully saturated rings. The zero-order valence-corrected chi connectivity index (χ0v) is 42.4. The smallest absolute Gasteiger partial charge is 0.306 e. The summed E-state index contributed by atoms with van der Waals surface area (Å²) in [7, 11) is 0. The normalized spacial score (nSPS) is 13.1. The van der Waals surface area contributed by atoms with E-state index < -0.39 is 6.10 Å². The molecule has 0 aliphatic carbocycles. The Morgan fingerprint density at radius 1 is 0.318 bits per heavy atom. The molecular weight excluding hydrogens is 817 g/mol. The van der Waals surface area contributed by atoms with Crippen molar-refractivity contribution in [2.75, 3.05) is 13.2 Å². The Kier molecular flexibility index (Phi) is 50.0. The lowest BCUT2D eigenvalue weighted by Crippen LogP contribution is -2.30. The SMILES string of the molecule is CC/C=C\C/C=C\C/C=C\C/C=C\C/C=C\CCCCCCCC(=O)OCC(COC(=O)CCCCCCC/C=C\CCC)OC(=O)CCCCCC/C=C\C/C=C\C/C=C\C/C=C\CC. The van der Waals surface area contributed by atoms with Crippen LogP contribution < -0.4 is 0 Å².